The van der Waals surface area contributed by atoms with Crippen molar-refractivity contribution >= 4 is 44.3 Å². The van der Waals surface area contributed by atoms with Crippen molar-refractivity contribution in [3.05, 3.63) is 61.9 Å². The molecule has 0 aliphatic rings. The number of pyridine rings is 1. The van der Waals surface area contributed by atoms with Gasteiger partial charge in [0.15, 0.2) is 5.78 Å². The molecule has 0 fully saturated rings. The van der Waals surface area contributed by atoms with Crippen LogP contribution in [0.15, 0.2) is 47.1 Å². The molecule has 1 aromatic carbocycles. The monoisotopic (exact) mass is 415 g/mol. The smallest absolute Gasteiger partial charge is 0.172 e. The third-order valence-electron chi connectivity index (χ3n) is 2.72. The predicted octanol–water partition coefficient (Wildman–Crippen LogP) is 4.44. The summed E-state index contributed by atoms with van der Waals surface area (Å²) in [6.07, 6.45) is 1.71. The van der Waals surface area contributed by atoms with Gasteiger partial charge in [0.2, 0.25) is 0 Å². The Morgan fingerprint density at radius 3 is 2.78 bits per heavy atom. The van der Waals surface area contributed by atoms with Crippen molar-refractivity contribution in [3.63, 3.8) is 0 Å². The van der Waals surface area contributed by atoms with Crippen LogP contribution in [0.4, 0.5) is 0 Å². The second-order valence-corrected chi connectivity index (χ2v) is 6.06. The molecule has 1 atom stereocenters. The molecule has 1 heterocycles. The Hall–Kier alpha value is -0.750. The third kappa shape index (κ3) is 2.98. The lowest BCUT2D eigenvalue weighted by Crippen LogP contribution is -2.11. The fraction of sp³-hybridized carbons (Fsp3) is 0.143. The van der Waals surface area contributed by atoms with Crippen LogP contribution in [0.25, 0.3) is 0 Å². The average molecular weight is 416 g/mol. The number of benzene rings is 1. The van der Waals surface area contributed by atoms with Crippen molar-refractivity contribution < 1.29 is 4.79 Å². The minimum absolute atomic E-state index is 0.0825. The van der Waals surface area contributed by atoms with E-state index in [-0.39, 0.29) is 11.7 Å². The number of carbonyl (C=O) groups excluding carboxylic acids is 1. The largest absolute Gasteiger partial charge is 0.293 e. The zero-order valence-corrected chi connectivity index (χ0v) is 13.5. The Bertz CT molecular complexity index is 571. The second-order valence-electron chi connectivity index (χ2n) is 3.96. The molecule has 2 rings (SSSR count). The van der Waals surface area contributed by atoms with Crippen molar-refractivity contribution in [2.45, 2.75) is 12.8 Å². The SMILES string of the molecule is CC(C(=O)c1cc(I)ccc1Br)c1ccccn1. The van der Waals surface area contributed by atoms with E-state index in [1.807, 2.05) is 43.3 Å². The topological polar surface area (TPSA) is 30.0 Å². The van der Waals surface area contributed by atoms with E-state index in [0.717, 1.165) is 13.7 Å². The highest BCUT2D eigenvalue weighted by molar-refractivity contribution is 14.1. The lowest BCUT2D eigenvalue weighted by molar-refractivity contribution is 0.0964. The molecular weight excluding hydrogens is 405 g/mol. The maximum absolute atomic E-state index is 12.4. The lowest BCUT2D eigenvalue weighted by Gasteiger charge is -2.11. The van der Waals surface area contributed by atoms with Gasteiger partial charge in [-0.3, -0.25) is 9.78 Å². The van der Waals surface area contributed by atoms with Gasteiger partial charge >= 0.3 is 0 Å². The Balaban J connectivity index is 2.34. The summed E-state index contributed by atoms with van der Waals surface area (Å²) in [6.45, 7) is 1.89. The Labute approximate surface area is 128 Å². The number of nitrogens with zero attached hydrogens (tertiary/aromatic N) is 1. The van der Waals surface area contributed by atoms with Crippen LogP contribution in [0.1, 0.15) is 28.9 Å². The van der Waals surface area contributed by atoms with Gasteiger partial charge in [0.05, 0.1) is 11.6 Å². The number of ketones is 1. The number of hydrogen-bond acceptors (Lipinski definition) is 2. The predicted molar refractivity (Wildman–Crippen MR) is 83.8 cm³/mol. The van der Waals surface area contributed by atoms with Gasteiger partial charge in [-0.25, -0.2) is 0 Å². The average Bonchev–Trinajstić information content (AvgIpc) is 2.41. The maximum atomic E-state index is 12.4. The summed E-state index contributed by atoms with van der Waals surface area (Å²) in [4.78, 5) is 16.7. The van der Waals surface area contributed by atoms with Gasteiger partial charge < -0.3 is 0 Å². The summed E-state index contributed by atoms with van der Waals surface area (Å²) in [7, 11) is 0. The molecule has 0 bridgehead atoms. The molecule has 0 amide bonds. The Morgan fingerprint density at radius 1 is 1.33 bits per heavy atom. The summed E-state index contributed by atoms with van der Waals surface area (Å²) in [6, 6.07) is 11.4. The number of carbonyl (C=O) groups is 1. The van der Waals surface area contributed by atoms with E-state index in [9.17, 15) is 4.79 Å². The minimum Gasteiger partial charge on any atom is -0.293 e. The van der Waals surface area contributed by atoms with Crippen molar-refractivity contribution in [2.24, 2.45) is 0 Å². The standard InChI is InChI=1S/C14H11BrINO/c1-9(13-4-2-3-7-17-13)14(18)11-8-10(16)5-6-12(11)15/h2-9H,1H3. The van der Waals surface area contributed by atoms with Crippen LogP contribution < -0.4 is 0 Å². The second kappa shape index (κ2) is 5.93. The van der Waals surface area contributed by atoms with Crippen molar-refractivity contribution in [1.82, 2.24) is 4.98 Å². The lowest BCUT2D eigenvalue weighted by atomic mass is 9.96. The molecule has 4 heteroatoms. The van der Waals surface area contributed by atoms with E-state index in [2.05, 4.69) is 43.5 Å². The molecule has 92 valence electrons. The van der Waals surface area contributed by atoms with Gasteiger partial charge in [-0.15, -0.1) is 0 Å². The van der Waals surface area contributed by atoms with Crippen LogP contribution in [0.3, 0.4) is 0 Å². The Morgan fingerprint density at radius 2 is 2.11 bits per heavy atom. The highest BCUT2D eigenvalue weighted by Crippen LogP contribution is 2.25. The zero-order valence-electron chi connectivity index (χ0n) is 9.73. The molecule has 0 saturated heterocycles. The number of rotatable bonds is 3. The Kier molecular flexibility index (Phi) is 4.50. The van der Waals surface area contributed by atoms with Crippen LogP contribution >= 0.6 is 38.5 Å². The van der Waals surface area contributed by atoms with Gasteiger partial charge in [-0.1, -0.05) is 22.0 Å². The quantitative estimate of drug-likeness (QED) is 0.548. The van der Waals surface area contributed by atoms with Crippen LogP contribution in [-0.2, 0) is 0 Å². The number of aromatic nitrogens is 1. The first-order valence-electron chi connectivity index (χ1n) is 5.50. The number of halogens is 2. The molecule has 2 nitrogen and oxygen atoms in total. The normalized spacial score (nSPS) is 12.2. The number of Topliss-reactive ketones (excluding diaryl/α,β-unsaturated/α-hetero) is 1. The molecule has 18 heavy (non-hydrogen) atoms. The molecule has 0 spiro atoms. The van der Waals surface area contributed by atoms with Crippen molar-refractivity contribution in [2.75, 3.05) is 0 Å². The summed E-state index contributed by atoms with van der Waals surface area (Å²) in [5.74, 6) is -0.153. The summed E-state index contributed by atoms with van der Waals surface area (Å²) < 4.78 is 1.88. The van der Waals surface area contributed by atoms with Gasteiger partial charge in [0, 0.05) is 19.8 Å². The van der Waals surface area contributed by atoms with Gasteiger partial charge in [-0.2, -0.15) is 0 Å². The van der Waals surface area contributed by atoms with Crippen LogP contribution in [0, 0.1) is 3.57 Å². The van der Waals surface area contributed by atoms with Crippen LogP contribution in [0.5, 0.6) is 0 Å². The molecule has 0 radical (unpaired) electrons. The van der Waals surface area contributed by atoms with E-state index < -0.39 is 0 Å². The van der Waals surface area contributed by atoms with Crippen molar-refractivity contribution in [1.29, 1.82) is 0 Å². The molecule has 2 aromatic rings. The first-order valence-corrected chi connectivity index (χ1v) is 7.37. The number of hydrogen-bond donors (Lipinski definition) is 0. The van der Waals surface area contributed by atoms with E-state index >= 15 is 0 Å². The molecule has 1 unspecified atom stereocenters. The van der Waals surface area contributed by atoms with E-state index in [1.54, 1.807) is 6.20 Å². The van der Waals surface area contributed by atoms with Gasteiger partial charge in [-0.05, 0) is 59.8 Å². The molecular formula is C14H11BrINO. The highest BCUT2D eigenvalue weighted by Gasteiger charge is 2.20. The molecule has 0 saturated carbocycles. The van der Waals surface area contributed by atoms with E-state index in [4.69, 9.17) is 0 Å². The van der Waals surface area contributed by atoms with E-state index in [0.29, 0.717) is 5.56 Å². The first kappa shape index (κ1) is 13.7. The molecule has 0 aliphatic heterocycles. The summed E-state index contributed by atoms with van der Waals surface area (Å²) in [5.41, 5.74) is 1.51. The van der Waals surface area contributed by atoms with Gasteiger partial charge in [0.1, 0.15) is 0 Å². The summed E-state index contributed by atoms with van der Waals surface area (Å²) in [5, 5.41) is 0. The zero-order chi connectivity index (χ0) is 13.1. The molecule has 0 N–H and O–H groups in total. The third-order valence-corrected chi connectivity index (χ3v) is 4.08. The van der Waals surface area contributed by atoms with Crippen molar-refractivity contribution in [3.8, 4) is 0 Å². The molecule has 1 aromatic heterocycles. The first-order chi connectivity index (χ1) is 8.59. The fourth-order valence-electron chi connectivity index (χ4n) is 1.69. The van der Waals surface area contributed by atoms with Crippen LogP contribution in [-0.4, -0.2) is 10.8 Å². The minimum atomic E-state index is -0.235. The maximum Gasteiger partial charge on any atom is 0.172 e. The van der Waals surface area contributed by atoms with Gasteiger partial charge in [0.25, 0.3) is 0 Å². The molecule has 0 aliphatic carbocycles. The summed E-state index contributed by atoms with van der Waals surface area (Å²) >= 11 is 5.63. The van der Waals surface area contributed by atoms with E-state index in [1.165, 1.54) is 0 Å². The van der Waals surface area contributed by atoms with Crippen LogP contribution in [0.2, 0.25) is 0 Å². The fourth-order valence-corrected chi connectivity index (χ4v) is 2.62. The highest BCUT2D eigenvalue weighted by atomic mass is 127.